The van der Waals surface area contributed by atoms with E-state index in [2.05, 4.69) is 4.98 Å². The highest BCUT2D eigenvalue weighted by atomic mass is 35.5. The van der Waals surface area contributed by atoms with Gasteiger partial charge in [0.25, 0.3) is 5.91 Å². The Balaban J connectivity index is 1.75. The number of anilines is 1. The number of fused-ring (bicyclic) bond motifs is 1. The molecule has 0 bridgehead atoms. The Morgan fingerprint density at radius 3 is 2.38 bits per heavy atom. The molecule has 1 aliphatic heterocycles. The van der Waals surface area contributed by atoms with Crippen LogP contribution in [0.1, 0.15) is 27.9 Å². The Kier molecular flexibility index (Phi) is 6.30. The van der Waals surface area contributed by atoms with Crippen LogP contribution >= 0.6 is 22.9 Å². The van der Waals surface area contributed by atoms with Gasteiger partial charge in [0.2, 0.25) is 11.5 Å². The normalized spacial score (nSPS) is 15.5. The molecular weight excluding hydrogens is 520 g/mol. The Morgan fingerprint density at radius 1 is 1.11 bits per heavy atom. The van der Waals surface area contributed by atoms with Crippen LogP contribution in [0.2, 0.25) is 5.02 Å². The summed E-state index contributed by atoms with van der Waals surface area (Å²) in [5.74, 6) is -0.692. The van der Waals surface area contributed by atoms with E-state index in [4.69, 9.17) is 30.2 Å². The van der Waals surface area contributed by atoms with Crippen molar-refractivity contribution in [3.63, 3.8) is 0 Å². The first-order valence-corrected chi connectivity index (χ1v) is 12.2. The monoisotopic (exact) mass is 540 g/mol. The number of Topliss-reactive ketones (excluding diaryl/α,β-unsaturated/α-hetero) is 1. The highest BCUT2D eigenvalue weighted by molar-refractivity contribution is 7.22. The molecule has 190 valence electrons. The van der Waals surface area contributed by atoms with Crippen molar-refractivity contribution < 1.29 is 33.3 Å². The van der Waals surface area contributed by atoms with E-state index in [0.29, 0.717) is 39.1 Å². The number of aromatic nitrogens is 1. The van der Waals surface area contributed by atoms with Crippen molar-refractivity contribution in [2.75, 3.05) is 26.2 Å². The van der Waals surface area contributed by atoms with Gasteiger partial charge in [-0.25, -0.2) is 4.98 Å². The molecule has 0 aliphatic carbocycles. The number of thiazole rings is 1. The Morgan fingerprint density at radius 2 is 1.81 bits per heavy atom. The van der Waals surface area contributed by atoms with E-state index in [1.165, 1.54) is 43.6 Å². The zero-order valence-electron chi connectivity index (χ0n) is 20.2. The lowest BCUT2D eigenvalue weighted by atomic mass is 9.94. The van der Waals surface area contributed by atoms with Crippen LogP contribution in [0.25, 0.3) is 10.2 Å². The van der Waals surface area contributed by atoms with E-state index in [1.54, 1.807) is 37.3 Å². The molecule has 11 heteroatoms. The molecule has 1 atom stereocenters. The number of benzene rings is 2. The summed E-state index contributed by atoms with van der Waals surface area (Å²) in [6, 6.07) is 10.6. The average molecular weight is 541 g/mol. The molecule has 1 unspecified atom stereocenters. The number of halogens is 1. The molecule has 9 nitrogen and oxygen atoms in total. The summed E-state index contributed by atoms with van der Waals surface area (Å²) in [6.07, 6.45) is 0. The number of nitrogens with zero attached hydrogens (tertiary/aromatic N) is 2. The molecule has 37 heavy (non-hydrogen) atoms. The lowest BCUT2D eigenvalue weighted by Gasteiger charge is -2.25. The SMILES string of the molecule is COc1cc(C2C(C(=O)c3ccc(C)o3)=C(O)C(=O)N2c2nc3c(Cl)cccc3s2)cc(OC)c1OC. The Bertz CT molecular complexity index is 1560. The minimum atomic E-state index is -1.08. The van der Waals surface area contributed by atoms with Crippen molar-refractivity contribution in [2.45, 2.75) is 13.0 Å². The highest BCUT2D eigenvalue weighted by Crippen LogP contribution is 2.48. The molecule has 0 radical (unpaired) electrons. The second kappa shape index (κ2) is 9.45. The lowest BCUT2D eigenvalue weighted by molar-refractivity contribution is -0.117. The molecule has 1 amide bonds. The maximum absolute atomic E-state index is 13.6. The number of carbonyl (C=O) groups is 2. The number of amides is 1. The fraction of sp³-hybridized carbons (Fsp3) is 0.192. The first-order chi connectivity index (χ1) is 17.8. The number of furan rings is 1. The van der Waals surface area contributed by atoms with Crippen LogP contribution in [0.15, 0.2) is 58.2 Å². The molecule has 2 aromatic heterocycles. The summed E-state index contributed by atoms with van der Waals surface area (Å²) in [6.45, 7) is 1.69. The molecule has 0 saturated heterocycles. The first kappa shape index (κ1) is 24.7. The van der Waals surface area contributed by atoms with E-state index in [-0.39, 0.29) is 16.5 Å². The predicted octanol–water partition coefficient (Wildman–Crippen LogP) is 5.66. The smallest absolute Gasteiger partial charge is 0.296 e. The van der Waals surface area contributed by atoms with E-state index in [9.17, 15) is 14.7 Å². The molecule has 1 aliphatic rings. The van der Waals surface area contributed by atoms with Gasteiger partial charge < -0.3 is 23.7 Å². The van der Waals surface area contributed by atoms with Crippen molar-refractivity contribution in [3.8, 4) is 17.2 Å². The van der Waals surface area contributed by atoms with Crippen molar-refractivity contribution in [1.82, 2.24) is 4.98 Å². The fourth-order valence-corrected chi connectivity index (χ4v) is 5.60. The van der Waals surface area contributed by atoms with Crippen LogP contribution in [-0.4, -0.2) is 43.1 Å². The summed E-state index contributed by atoms with van der Waals surface area (Å²) in [4.78, 5) is 33.0. The highest BCUT2D eigenvalue weighted by Gasteiger charge is 2.47. The van der Waals surface area contributed by atoms with E-state index in [1.807, 2.05) is 6.07 Å². The second-order valence-electron chi connectivity index (χ2n) is 8.12. The van der Waals surface area contributed by atoms with E-state index >= 15 is 0 Å². The minimum Gasteiger partial charge on any atom is -0.503 e. The number of hydrogen-bond acceptors (Lipinski definition) is 9. The summed E-state index contributed by atoms with van der Waals surface area (Å²) in [5, 5.41) is 11.7. The van der Waals surface area contributed by atoms with Gasteiger partial charge in [-0.15, -0.1) is 0 Å². The number of para-hydroxylation sites is 1. The lowest BCUT2D eigenvalue weighted by Crippen LogP contribution is -2.31. The van der Waals surface area contributed by atoms with Crippen LogP contribution in [0.5, 0.6) is 17.2 Å². The number of ketones is 1. The molecule has 5 rings (SSSR count). The number of hydrogen-bond donors (Lipinski definition) is 1. The molecule has 3 heterocycles. The van der Waals surface area contributed by atoms with Crippen LogP contribution < -0.4 is 19.1 Å². The molecule has 0 saturated carbocycles. The number of aliphatic hydroxyl groups excluding tert-OH is 1. The number of aryl methyl sites for hydroxylation is 1. The molecule has 2 aromatic carbocycles. The van der Waals surface area contributed by atoms with Gasteiger partial charge in [-0.1, -0.05) is 29.0 Å². The van der Waals surface area contributed by atoms with Crippen molar-refractivity contribution in [1.29, 1.82) is 0 Å². The van der Waals surface area contributed by atoms with E-state index in [0.717, 1.165) is 4.70 Å². The summed E-state index contributed by atoms with van der Waals surface area (Å²) >= 11 is 7.54. The Hall–Kier alpha value is -4.02. The van der Waals surface area contributed by atoms with Crippen LogP contribution in [0.3, 0.4) is 0 Å². The standard InChI is InChI=1S/C26H21ClN2O7S/c1-12-8-9-15(36-12)22(30)19-21(13-10-16(33-2)24(35-4)17(11-13)34-3)29(25(32)23(19)31)26-28-20-14(27)6-5-7-18(20)37-26/h5-11,21,31H,1-4H3. The number of aliphatic hydroxyl groups is 1. The summed E-state index contributed by atoms with van der Waals surface area (Å²) < 4.78 is 22.7. The first-order valence-electron chi connectivity index (χ1n) is 11.0. The predicted molar refractivity (Wildman–Crippen MR) is 138 cm³/mol. The van der Waals surface area contributed by atoms with Gasteiger partial charge in [0, 0.05) is 0 Å². The van der Waals surface area contributed by atoms with Crippen molar-refractivity contribution >= 4 is 50.0 Å². The van der Waals surface area contributed by atoms with Gasteiger partial charge in [-0.3, -0.25) is 14.5 Å². The van der Waals surface area contributed by atoms with Crippen molar-refractivity contribution in [3.05, 3.63) is 75.9 Å². The van der Waals surface area contributed by atoms with Gasteiger partial charge in [-0.05, 0) is 48.9 Å². The molecule has 0 fully saturated rings. The van der Waals surface area contributed by atoms with Crippen LogP contribution in [0.4, 0.5) is 5.13 Å². The molecular formula is C26H21ClN2O7S. The maximum atomic E-state index is 13.6. The summed E-state index contributed by atoms with van der Waals surface area (Å²) in [5.41, 5.74) is 0.754. The zero-order valence-corrected chi connectivity index (χ0v) is 21.8. The second-order valence-corrected chi connectivity index (χ2v) is 9.54. The maximum Gasteiger partial charge on any atom is 0.296 e. The van der Waals surface area contributed by atoms with Crippen molar-refractivity contribution in [2.24, 2.45) is 0 Å². The third-order valence-electron chi connectivity index (χ3n) is 5.98. The van der Waals surface area contributed by atoms with Gasteiger partial charge in [0.1, 0.15) is 11.3 Å². The largest absolute Gasteiger partial charge is 0.503 e. The number of ether oxygens (including phenoxy) is 3. The van der Waals surface area contributed by atoms with Gasteiger partial charge >= 0.3 is 0 Å². The number of carbonyl (C=O) groups excluding carboxylic acids is 2. The number of methoxy groups -OCH3 is 3. The van der Waals surface area contributed by atoms with E-state index < -0.39 is 23.5 Å². The topological polar surface area (TPSA) is 111 Å². The van der Waals surface area contributed by atoms with Gasteiger partial charge in [0.05, 0.1) is 42.7 Å². The quantitative estimate of drug-likeness (QED) is 0.299. The van der Waals surface area contributed by atoms with Gasteiger partial charge in [-0.2, -0.15) is 0 Å². The average Bonchev–Trinajstić information content (AvgIpc) is 3.59. The zero-order chi connectivity index (χ0) is 26.4. The fourth-order valence-electron chi connectivity index (χ4n) is 4.30. The third kappa shape index (κ3) is 3.98. The third-order valence-corrected chi connectivity index (χ3v) is 7.31. The molecule has 4 aromatic rings. The summed E-state index contributed by atoms with van der Waals surface area (Å²) in [7, 11) is 4.38. The van der Waals surface area contributed by atoms with Crippen LogP contribution in [-0.2, 0) is 4.79 Å². The van der Waals surface area contributed by atoms with Crippen LogP contribution in [0, 0.1) is 6.92 Å². The minimum absolute atomic E-state index is 0.0153. The van der Waals surface area contributed by atoms with Gasteiger partial charge in [0.15, 0.2) is 28.1 Å². The molecule has 1 N–H and O–H groups in total. The number of rotatable bonds is 7. The molecule has 0 spiro atoms. The Labute approximate surface area is 220 Å².